The van der Waals surface area contributed by atoms with E-state index in [-0.39, 0.29) is 24.2 Å². The second-order valence-corrected chi connectivity index (χ2v) is 5.33. The molecular formula is C14H19N3O4. The third kappa shape index (κ3) is 3.69. The summed E-state index contributed by atoms with van der Waals surface area (Å²) in [4.78, 5) is 24.2. The molecule has 0 spiro atoms. The molecule has 1 aliphatic rings. The van der Waals surface area contributed by atoms with Gasteiger partial charge in [-0.15, -0.1) is 0 Å². The minimum atomic E-state index is -0.465. The molecule has 1 heterocycles. The summed E-state index contributed by atoms with van der Waals surface area (Å²) in [6, 6.07) is 4.33. The van der Waals surface area contributed by atoms with Crippen LogP contribution in [-0.4, -0.2) is 40.7 Å². The maximum atomic E-state index is 12.2. The molecule has 7 nitrogen and oxygen atoms in total. The van der Waals surface area contributed by atoms with Crippen molar-refractivity contribution in [2.75, 3.05) is 25.0 Å². The minimum absolute atomic E-state index is 0.0142. The van der Waals surface area contributed by atoms with E-state index in [9.17, 15) is 20.0 Å². The highest BCUT2D eigenvalue weighted by Crippen LogP contribution is 2.23. The van der Waals surface area contributed by atoms with Crippen molar-refractivity contribution in [2.24, 2.45) is 5.92 Å². The number of rotatable bonds is 3. The van der Waals surface area contributed by atoms with Gasteiger partial charge in [0.15, 0.2) is 0 Å². The van der Waals surface area contributed by atoms with Crippen molar-refractivity contribution in [1.82, 2.24) is 4.90 Å². The smallest absolute Gasteiger partial charge is 0.321 e. The van der Waals surface area contributed by atoms with Crippen LogP contribution < -0.4 is 5.32 Å². The molecule has 1 unspecified atom stereocenters. The average Bonchev–Trinajstić information content (AvgIpc) is 2.49. The maximum absolute atomic E-state index is 12.2. The van der Waals surface area contributed by atoms with E-state index < -0.39 is 4.92 Å². The van der Waals surface area contributed by atoms with Crippen LogP contribution in [0.3, 0.4) is 0 Å². The number of carbonyl (C=O) groups is 1. The lowest BCUT2D eigenvalue weighted by Gasteiger charge is -2.31. The molecule has 0 radical (unpaired) electrons. The molecule has 0 aliphatic carbocycles. The summed E-state index contributed by atoms with van der Waals surface area (Å²) in [5.74, 6) is 0.108. The van der Waals surface area contributed by atoms with Crippen molar-refractivity contribution in [2.45, 2.75) is 19.8 Å². The van der Waals surface area contributed by atoms with Gasteiger partial charge in [-0.2, -0.15) is 0 Å². The number of likely N-dealkylation sites (tertiary alicyclic amines) is 1. The lowest BCUT2D eigenvalue weighted by atomic mass is 9.99. The molecule has 2 amide bonds. The molecule has 7 heteroatoms. The summed E-state index contributed by atoms with van der Waals surface area (Å²) in [6.07, 6.45) is 1.77. The van der Waals surface area contributed by atoms with E-state index in [1.165, 1.54) is 6.07 Å². The van der Waals surface area contributed by atoms with Crippen molar-refractivity contribution in [3.63, 3.8) is 0 Å². The molecule has 1 aromatic rings. The van der Waals surface area contributed by atoms with Crippen molar-refractivity contribution in [1.29, 1.82) is 0 Å². The van der Waals surface area contributed by atoms with Crippen LogP contribution in [0.5, 0.6) is 0 Å². The van der Waals surface area contributed by atoms with Crippen LogP contribution >= 0.6 is 0 Å². The topological polar surface area (TPSA) is 95.7 Å². The van der Waals surface area contributed by atoms with Gasteiger partial charge in [0.2, 0.25) is 0 Å². The fraction of sp³-hybridized carbons (Fsp3) is 0.500. The number of aliphatic hydroxyl groups excluding tert-OH is 1. The van der Waals surface area contributed by atoms with Crippen molar-refractivity contribution < 1.29 is 14.8 Å². The van der Waals surface area contributed by atoms with E-state index in [0.717, 1.165) is 12.8 Å². The predicted octanol–water partition coefficient (Wildman–Crippen LogP) is 2.14. The Bertz CT molecular complexity index is 547. The van der Waals surface area contributed by atoms with Crippen LogP contribution in [0.1, 0.15) is 18.4 Å². The molecule has 114 valence electrons. The Hall–Kier alpha value is -2.15. The second-order valence-electron chi connectivity index (χ2n) is 5.33. The molecule has 1 fully saturated rings. The zero-order chi connectivity index (χ0) is 15.4. The van der Waals surface area contributed by atoms with Crippen LogP contribution in [0.4, 0.5) is 16.2 Å². The van der Waals surface area contributed by atoms with E-state index in [1.54, 1.807) is 24.0 Å². The first-order chi connectivity index (χ1) is 10.0. The van der Waals surface area contributed by atoms with Crippen LogP contribution in [-0.2, 0) is 0 Å². The third-order valence-corrected chi connectivity index (χ3v) is 3.72. The number of benzene rings is 1. The van der Waals surface area contributed by atoms with Crippen LogP contribution in [0, 0.1) is 23.0 Å². The average molecular weight is 293 g/mol. The number of anilines is 1. The van der Waals surface area contributed by atoms with Crippen LogP contribution in [0.25, 0.3) is 0 Å². The Morgan fingerprint density at radius 3 is 3.00 bits per heavy atom. The molecule has 0 bridgehead atoms. The van der Waals surface area contributed by atoms with Gasteiger partial charge < -0.3 is 15.3 Å². The van der Waals surface area contributed by atoms with E-state index in [0.29, 0.717) is 24.3 Å². The number of hydrogen-bond donors (Lipinski definition) is 2. The SMILES string of the molecule is Cc1ccc(NC(=O)N2CCCC(CO)C2)cc1[N+](=O)[O-]. The Morgan fingerprint density at radius 1 is 1.57 bits per heavy atom. The van der Waals surface area contributed by atoms with E-state index in [1.807, 2.05) is 0 Å². The number of amides is 2. The quantitative estimate of drug-likeness (QED) is 0.659. The Balaban J connectivity index is 2.05. The first-order valence-corrected chi connectivity index (χ1v) is 6.93. The van der Waals surface area contributed by atoms with Crippen molar-refractivity contribution in [3.8, 4) is 0 Å². The molecule has 1 saturated heterocycles. The molecule has 21 heavy (non-hydrogen) atoms. The minimum Gasteiger partial charge on any atom is -0.396 e. The zero-order valence-corrected chi connectivity index (χ0v) is 11.9. The van der Waals surface area contributed by atoms with Crippen LogP contribution in [0.2, 0.25) is 0 Å². The summed E-state index contributed by atoms with van der Waals surface area (Å²) in [7, 11) is 0. The molecular weight excluding hydrogens is 274 g/mol. The third-order valence-electron chi connectivity index (χ3n) is 3.72. The number of aliphatic hydroxyl groups is 1. The number of urea groups is 1. The Morgan fingerprint density at radius 2 is 2.33 bits per heavy atom. The van der Waals surface area contributed by atoms with Gasteiger partial charge in [0, 0.05) is 37.0 Å². The fourth-order valence-corrected chi connectivity index (χ4v) is 2.48. The van der Waals surface area contributed by atoms with Gasteiger partial charge in [0.05, 0.1) is 4.92 Å². The molecule has 1 atom stereocenters. The molecule has 0 aromatic heterocycles. The first kappa shape index (κ1) is 15.2. The number of piperidine rings is 1. The van der Waals surface area contributed by atoms with Crippen molar-refractivity contribution in [3.05, 3.63) is 33.9 Å². The number of aryl methyl sites for hydroxylation is 1. The Kier molecular flexibility index (Phi) is 4.74. The lowest BCUT2D eigenvalue weighted by molar-refractivity contribution is -0.385. The van der Waals surface area contributed by atoms with E-state index in [4.69, 9.17) is 0 Å². The second kappa shape index (κ2) is 6.53. The highest BCUT2D eigenvalue weighted by atomic mass is 16.6. The highest BCUT2D eigenvalue weighted by Gasteiger charge is 2.23. The lowest BCUT2D eigenvalue weighted by Crippen LogP contribution is -2.43. The van der Waals surface area contributed by atoms with E-state index >= 15 is 0 Å². The monoisotopic (exact) mass is 293 g/mol. The van der Waals surface area contributed by atoms with Crippen molar-refractivity contribution >= 4 is 17.4 Å². The summed E-state index contributed by atoms with van der Waals surface area (Å²) >= 11 is 0. The zero-order valence-electron chi connectivity index (χ0n) is 11.9. The molecule has 0 saturated carbocycles. The standard InChI is InChI=1S/C14H19N3O4/c1-10-4-5-12(7-13(10)17(20)21)15-14(19)16-6-2-3-11(8-16)9-18/h4-5,7,11,18H,2-3,6,8-9H2,1H3,(H,15,19). The van der Waals surface area contributed by atoms with Gasteiger partial charge in [-0.05, 0) is 31.7 Å². The van der Waals surface area contributed by atoms with Gasteiger partial charge in [-0.25, -0.2) is 4.79 Å². The number of nitro groups is 1. The van der Waals surface area contributed by atoms with Gasteiger partial charge in [-0.3, -0.25) is 10.1 Å². The maximum Gasteiger partial charge on any atom is 0.321 e. The summed E-state index contributed by atoms with van der Waals surface area (Å²) in [6.45, 7) is 2.87. The number of carbonyl (C=O) groups excluding carboxylic acids is 1. The highest BCUT2D eigenvalue weighted by molar-refractivity contribution is 5.89. The largest absolute Gasteiger partial charge is 0.396 e. The van der Waals surface area contributed by atoms with Gasteiger partial charge in [-0.1, -0.05) is 6.07 Å². The summed E-state index contributed by atoms with van der Waals surface area (Å²) < 4.78 is 0. The number of nitrogens with one attached hydrogen (secondary N) is 1. The molecule has 1 aromatic carbocycles. The summed E-state index contributed by atoms with van der Waals surface area (Å²) in [5, 5.41) is 22.8. The fourth-order valence-electron chi connectivity index (χ4n) is 2.48. The molecule has 2 rings (SSSR count). The van der Waals surface area contributed by atoms with Gasteiger partial charge in [0.25, 0.3) is 5.69 Å². The number of hydrogen-bond acceptors (Lipinski definition) is 4. The number of nitrogens with zero attached hydrogens (tertiary/aromatic N) is 2. The van der Waals surface area contributed by atoms with E-state index in [2.05, 4.69) is 5.32 Å². The van der Waals surface area contributed by atoms with Gasteiger partial charge >= 0.3 is 6.03 Å². The molecule has 1 aliphatic heterocycles. The first-order valence-electron chi connectivity index (χ1n) is 6.93. The normalized spacial score (nSPS) is 18.4. The van der Waals surface area contributed by atoms with Crippen LogP contribution in [0.15, 0.2) is 18.2 Å². The molecule has 2 N–H and O–H groups in total. The summed E-state index contributed by atoms with van der Waals surface area (Å²) in [5.41, 5.74) is 0.944. The number of nitro benzene ring substituents is 1. The predicted molar refractivity (Wildman–Crippen MR) is 78.2 cm³/mol. The Labute approximate surface area is 122 Å². The van der Waals surface area contributed by atoms with Gasteiger partial charge in [0.1, 0.15) is 0 Å².